The monoisotopic (exact) mass is 389 g/mol. The molecular formula is C19H27N5O2S. The Bertz CT molecular complexity index is 863. The Kier molecular flexibility index (Phi) is 5.94. The van der Waals surface area contributed by atoms with Crippen molar-refractivity contribution in [1.82, 2.24) is 20.4 Å². The molecule has 1 fully saturated rings. The Hall–Kier alpha value is -2.22. The average Bonchev–Trinajstić information content (AvgIpc) is 3.23. The molecule has 3 N–H and O–H groups in total. The molecule has 1 unspecified atom stereocenters. The van der Waals surface area contributed by atoms with E-state index < -0.39 is 0 Å². The summed E-state index contributed by atoms with van der Waals surface area (Å²) in [7, 11) is 0. The van der Waals surface area contributed by atoms with Crippen LogP contribution in [-0.2, 0) is 4.79 Å². The van der Waals surface area contributed by atoms with E-state index >= 15 is 0 Å². The lowest BCUT2D eigenvalue weighted by atomic mass is 10.1. The summed E-state index contributed by atoms with van der Waals surface area (Å²) in [5, 5.41) is 12.2. The van der Waals surface area contributed by atoms with E-state index in [-0.39, 0.29) is 17.9 Å². The van der Waals surface area contributed by atoms with Crippen molar-refractivity contribution in [3.8, 4) is 0 Å². The first-order chi connectivity index (χ1) is 12.9. The maximum atomic E-state index is 13.0. The van der Waals surface area contributed by atoms with Gasteiger partial charge in [-0.05, 0) is 32.3 Å². The molecule has 0 aliphatic carbocycles. The number of nitrogens with one attached hydrogen (secondary N) is 1. The summed E-state index contributed by atoms with van der Waals surface area (Å²) in [6, 6.07) is 0.0162. The fourth-order valence-corrected chi connectivity index (χ4v) is 4.51. The van der Waals surface area contributed by atoms with E-state index in [1.807, 2.05) is 13.8 Å². The molecule has 0 bridgehead atoms. The van der Waals surface area contributed by atoms with Gasteiger partial charge in [0.05, 0.1) is 11.4 Å². The first-order valence-electron chi connectivity index (χ1n) is 9.52. The molecule has 3 rings (SSSR count). The van der Waals surface area contributed by atoms with E-state index in [1.165, 1.54) is 11.3 Å². The van der Waals surface area contributed by atoms with Gasteiger partial charge in [0.25, 0.3) is 5.91 Å². The number of aromatic nitrogens is 2. The van der Waals surface area contributed by atoms with Crippen LogP contribution in [0.3, 0.4) is 0 Å². The highest BCUT2D eigenvalue weighted by molar-refractivity contribution is 7.21. The molecule has 0 aromatic carbocycles. The first kappa shape index (κ1) is 19.5. The number of nitrogen functional groups attached to an aromatic ring is 1. The average molecular weight is 390 g/mol. The molecule has 2 aromatic rings. The number of thiophene rings is 1. The lowest BCUT2D eigenvalue weighted by Gasteiger charge is -2.17. The molecular weight excluding hydrogens is 362 g/mol. The topological polar surface area (TPSA) is 101 Å². The molecule has 0 spiro atoms. The van der Waals surface area contributed by atoms with Crippen LogP contribution in [0.2, 0.25) is 0 Å². The third-order valence-corrected chi connectivity index (χ3v) is 6.26. The predicted molar refractivity (Wildman–Crippen MR) is 108 cm³/mol. The lowest BCUT2D eigenvalue weighted by Crippen LogP contribution is -2.38. The third-order valence-electron chi connectivity index (χ3n) is 5.18. The molecule has 1 aliphatic rings. The van der Waals surface area contributed by atoms with Crippen LogP contribution >= 0.6 is 11.3 Å². The molecule has 1 atom stereocenters. The summed E-state index contributed by atoms with van der Waals surface area (Å²) >= 11 is 1.29. The van der Waals surface area contributed by atoms with Crippen LogP contribution in [0.1, 0.15) is 60.0 Å². The van der Waals surface area contributed by atoms with Crippen molar-refractivity contribution < 1.29 is 9.59 Å². The quantitative estimate of drug-likeness (QED) is 0.740. The molecule has 0 radical (unpaired) electrons. The summed E-state index contributed by atoms with van der Waals surface area (Å²) in [5.74, 6) is -0.0132. The molecule has 7 nitrogen and oxygen atoms in total. The Morgan fingerprint density at radius 1 is 1.30 bits per heavy atom. The Labute approximate surface area is 163 Å². The number of hydrogen-bond donors (Lipinski definition) is 2. The Morgan fingerprint density at radius 2 is 2.07 bits per heavy atom. The Balaban J connectivity index is 1.67. The highest BCUT2D eigenvalue weighted by atomic mass is 32.1. The van der Waals surface area contributed by atoms with Gasteiger partial charge < -0.3 is 16.0 Å². The van der Waals surface area contributed by atoms with Gasteiger partial charge in [0.2, 0.25) is 5.91 Å². The number of aryl methyl sites for hydroxylation is 2. The first-order valence-corrected chi connectivity index (χ1v) is 10.3. The number of likely N-dealkylation sites (tertiary alicyclic amines) is 1. The van der Waals surface area contributed by atoms with Crippen molar-refractivity contribution in [3.05, 3.63) is 16.1 Å². The number of anilines is 1. The van der Waals surface area contributed by atoms with Gasteiger partial charge in [0.15, 0.2) is 0 Å². The summed E-state index contributed by atoms with van der Waals surface area (Å²) in [5.41, 5.74) is 8.56. The van der Waals surface area contributed by atoms with Crippen molar-refractivity contribution in [2.24, 2.45) is 0 Å². The number of unbranched alkanes of at least 4 members (excludes halogenated alkanes) is 2. The maximum Gasteiger partial charge on any atom is 0.266 e. The van der Waals surface area contributed by atoms with E-state index in [0.717, 1.165) is 42.3 Å². The van der Waals surface area contributed by atoms with Crippen LogP contribution in [-0.4, -0.2) is 46.0 Å². The number of carbonyl (C=O) groups excluding carboxylic acids is 2. The standard InChI is InChI=1S/C19H27N5O2S/c1-4-5-6-7-14(25)21-13-8-9-24(10-13)19(26)17-16(20)15-11(2)12(3)22-23-18(15)27-17/h13H,4-10,20H2,1-3H3,(H,21,25). The van der Waals surface area contributed by atoms with E-state index in [1.54, 1.807) is 4.90 Å². The second-order valence-corrected chi connectivity index (χ2v) is 8.20. The summed E-state index contributed by atoms with van der Waals surface area (Å²) < 4.78 is 0. The van der Waals surface area contributed by atoms with Gasteiger partial charge in [0, 0.05) is 30.9 Å². The van der Waals surface area contributed by atoms with Gasteiger partial charge in [-0.2, -0.15) is 5.10 Å². The fraction of sp³-hybridized carbons (Fsp3) is 0.579. The van der Waals surface area contributed by atoms with Crippen LogP contribution < -0.4 is 11.1 Å². The highest BCUT2D eigenvalue weighted by Crippen LogP contribution is 2.36. The van der Waals surface area contributed by atoms with E-state index in [0.29, 0.717) is 34.9 Å². The number of hydrogen-bond acceptors (Lipinski definition) is 6. The summed E-state index contributed by atoms with van der Waals surface area (Å²) in [6.07, 6.45) is 4.40. The summed E-state index contributed by atoms with van der Waals surface area (Å²) in [4.78, 5) is 28.0. The second kappa shape index (κ2) is 8.21. The van der Waals surface area contributed by atoms with Gasteiger partial charge in [-0.3, -0.25) is 9.59 Å². The van der Waals surface area contributed by atoms with Crippen molar-refractivity contribution in [2.45, 2.75) is 58.9 Å². The zero-order valence-electron chi connectivity index (χ0n) is 16.2. The largest absolute Gasteiger partial charge is 0.397 e. The van der Waals surface area contributed by atoms with Crippen molar-refractivity contribution in [1.29, 1.82) is 0 Å². The Morgan fingerprint density at radius 3 is 2.81 bits per heavy atom. The molecule has 2 amide bonds. The van der Waals surface area contributed by atoms with Gasteiger partial charge in [0.1, 0.15) is 9.71 Å². The van der Waals surface area contributed by atoms with Crippen LogP contribution in [0.5, 0.6) is 0 Å². The smallest absolute Gasteiger partial charge is 0.266 e. The predicted octanol–water partition coefficient (Wildman–Crippen LogP) is 2.80. The highest BCUT2D eigenvalue weighted by Gasteiger charge is 2.30. The number of amides is 2. The molecule has 3 heterocycles. The summed E-state index contributed by atoms with van der Waals surface area (Å²) in [6.45, 7) is 7.09. The normalized spacial score (nSPS) is 16.9. The van der Waals surface area contributed by atoms with Gasteiger partial charge in [-0.1, -0.05) is 19.8 Å². The van der Waals surface area contributed by atoms with Crippen LogP contribution in [0, 0.1) is 13.8 Å². The molecule has 1 aliphatic heterocycles. The van der Waals surface area contributed by atoms with Gasteiger partial charge in [-0.25, -0.2) is 0 Å². The number of rotatable bonds is 6. The van der Waals surface area contributed by atoms with Gasteiger partial charge in [-0.15, -0.1) is 16.4 Å². The molecule has 2 aromatic heterocycles. The van der Waals surface area contributed by atoms with E-state index in [2.05, 4.69) is 22.4 Å². The number of carbonyl (C=O) groups is 2. The maximum absolute atomic E-state index is 13.0. The van der Waals surface area contributed by atoms with Crippen LogP contribution in [0.15, 0.2) is 0 Å². The fourth-order valence-electron chi connectivity index (χ4n) is 3.44. The minimum Gasteiger partial charge on any atom is -0.397 e. The third kappa shape index (κ3) is 4.05. The number of fused-ring (bicyclic) bond motifs is 1. The van der Waals surface area contributed by atoms with Crippen LogP contribution in [0.25, 0.3) is 10.2 Å². The minimum atomic E-state index is -0.0877. The molecule has 146 valence electrons. The van der Waals surface area contributed by atoms with E-state index in [9.17, 15) is 9.59 Å². The van der Waals surface area contributed by atoms with Gasteiger partial charge >= 0.3 is 0 Å². The van der Waals surface area contributed by atoms with Crippen molar-refractivity contribution in [2.75, 3.05) is 18.8 Å². The van der Waals surface area contributed by atoms with Crippen molar-refractivity contribution >= 4 is 39.1 Å². The molecule has 27 heavy (non-hydrogen) atoms. The van der Waals surface area contributed by atoms with E-state index in [4.69, 9.17) is 5.73 Å². The van der Waals surface area contributed by atoms with Crippen LogP contribution in [0.4, 0.5) is 5.69 Å². The SMILES string of the molecule is CCCCCC(=O)NC1CCN(C(=O)c2sc3nnc(C)c(C)c3c2N)C1. The van der Waals surface area contributed by atoms with Crippen molar-refractivity contribution in [3.63, 3.8) is 0 Å². The second-order valence-electron chi connectivity index (χ2n) is 7.20. The molecule has 0 saturated carbocycles. The number of nitrogens with two attached hydrogens (primary N) is 1. The molecule has 1 saturated heterocycles. The minimum absolute atomic E-state index is 0.0162. The number of nitrogens with zero attached hydrogens (tertiary/aromatic N) is 3. The zero-order valence-corrected chi connectivity index (χ0v) is 17.0. The lowest BCUT2D eigenvalue weighted by molar-refractivity contribution is -0.121. The zero-order chi connectivity index (χ0) is 19.6. The molecule has 8 heteroatoms.